The summed E-state index contributed by atoms with van der Waals surface area (Å²) in [4.78, 5) is -0.0666. The Bertz CT molecular complexity index is 831. The van der Waals surface area contributed by atoms with Crippen LogP contribution in [0.1, 0.15) is 12.0 Å². The first kappa shape index (κ1) is 20.2. The molecule has 0 amide bonds. The van der Waals surface area contributed by atoms with Gasteiger partial charge in [0, 0.05) is 18.6 Å². The zero-order valence-electron chi connectivity index (χ0n) is 13.1. The van der Waals surface area contributed by atoms with Crippen molar-refractivity contribution in [3.8, 4) is 0 Å². The Morgan fingerprint density at radius 3 is 1.92 bits per heavy atom. The van der Waals surface area contributed by atoms with Gasteiger partial charge in [-0.3, -0.25) is 9.11 Å². The molecule has 2 aromatic rings. The van der Waals surface area contributed by atoms with Crippen molar-refractivity contribution < 1.29 is 30.5 Å². The maximum atomic E-state index is 10.5. The van der Waals surface area contributed by atoms with Crippen molar-refractivity contribution in [2.45, 2.75) is 24.8 Å². The molecule has 0 fully saturated rings. The molecule has 0 spiro atoms. The smallest absolute Gasteiger partial charge is 0.286 e. The van der Waals surface area contributed by atoms with Crippen LogP contribution in [0.25, 0.3) is 0 Å². The van der Waals surface area contributed by atoms with E-state index in [-0.39, 0.29) is 10.6 Å². The van der Waals surface area contributed by atoms with Crippen molar-refractivity contribution in [1.82, 2.24) is 0 Å². The van der Waals surface area contributed by atoms with E-state index in [1.54, 1.807) is 12.1 Å². The largest absolute Gasteiger partial charge is 0.294 e. The monoisotopic (exact) mass is 374 g/mol. The predicted octanol–water partition coefficient (Wildman–Crippen LogP) is 1.49. The SMILES string of the molecule is Cc1ccc(S(=O)(=O)O)cc1.O=S(=O)(O)CCC[n+]1ccccc1. The van der Waals surface area contributed by atoms with E-state index in [0.29, 0.717) is 13.0 Å². The molecule has 1 heterocycles. The molecule has 0 saturated carbocycles. The number of pyridine rings is 1. The van der Waals surface area contributed by atoms with Crippen LogP contribution in [0.4, 0.5) is 0 Å². The summed E-state index contributed by atoms with van der Waals surface area (Å²) in [6.45, 7) is 2.44. The average molecular weight is 374 g/mol. The Labute approximate surface area is 142 Å². The van der Waals surface area contributed by atoms with Gasteiger partial charge in [-0.15, -0.1) is 0 Å². The summed E-state index contributed by atoms with van der Waals surface area (Å²) in [5.41, 5.74) is 0.956. The first-order chi connectivity index (χ1) is 11.1. The third-order valence-electron chi connectivity index (χ3n) is 2.91. The normalized spacial score (nSPS) is 11.5. The van der Waals surface area contributed by atoms with Crippen LogP contribution in [0.15, 0.2) is 59.8 Å². The van der Waals surface area contributed by atoms with Crippen LogP contribution >= 0.6 is 0 Å². The van der Waals surface area contributed by atoms with E-state index in [2.05, 4.69) is 0 Å². The summed E-state index contributed by atoms with van der Waals surface area (Å²) in [5, 5.41) is 0. The van der Waals surface area contributed by atoms with Crippen molar-refractivity contribution in [2.24, 2.45) is 0 Å². The van der Waals surface area contributed by atoms with Gasteiger partial charge in [-0.2, -0.15) is 16.8 Å². The van der Waals surface area contributed by atoms with E-state index in [1.807, 2.05) is 42.1 Å². The topological polar surface area (TPSA) is 113 Å². The Morgan fingerprint density at radius 1 is 0.917 bits per heavy atom. The molecule has 1 aromatic carbocycles. The second kappa shape index (κ2) is 8.88. The number of nitrogens with zero attached hydrogens (tertiary/aromatic N) is 1. The van der Waals surface area contributed by atoms with Crippen LogP contribution in [0.5, 0.6) is 0 Å². The lowest BCUT2D eigenvalue weighted by Crippen LogP contribution is -2.33. The van der Waals surface area contributed by atoms with E-state index in [0.717, 1.165) is 5.56 Å². The van der Waals surface area contributed by atoms with Crippen LogP contribution < -0.4 is 4.57 Å². The highest BCUT2D eigenvalue weighted by molar-refractivity contribution is 7.86. The lowest BCUT2D eigenvalue weighted by atomic mass is 10.2. The molecule has 2 rings (SSSR count). The van der Waals surface area contributed by atoms with Gasteiger partial charge in [-0.05, 0) is 19.1 Å². The Morgan fingerprint density at radius 2 is 1.46 bits per heavy atom. The van der Waals surface area contributed by atoms with Gasteiger partial charge < -0.3 is 0 Å². The van der Waals surface area contributed by atoms with Gasteiger partial charge in [0.25, 0.3) is 20.2 Å². The fourth-order valence-electron chi connectivity index (χ4n) is 1.72. The second-order valence-corrected chi connectivity index (χ2v) is 8.03. The molecule has 0 atom stereocenters. The van der Waals surface area contributed by atoms with Crippen LogP contribution in [0, 0.1) is 6.92 Å². The fraction of sp³-hybridized carbons (Fsp3) is 0.267. The number of benzene rings is 1. The molecule has 0 bridgehead atoms. The van der Waals surface area contributed by atoms with Crippen molar-refractivity contribution in [3.05, 3.63) is 60.4 Å². The van der Waals surface area contributed by atoms with Gasteiger partial charge in [0.1, 0.15) is 6.54 Å². The molecule has 24 heavy (non-hydrogen) atoms. The van der Waals surface area contributed by atoms with E-state index < -0.39 is 20.2 Å². The Kier molecular flexibility index (Phi) is 7.49. The second-order valence-electron chi connectivity index (χ2n) is 5.04. The van der Waals surface area contributed by atoms with Gasteiger partial charge in [0.2, 0.25) is 0 Å². The molecule has 9 heteroatoms. The van der Waals surface area contributed by atoms with Crippen molar-refractivity contribution >= 4 is 20.2 Å². The third-order valence-corrected chi connectivity index (χ3v) is 4.59. The minimum atomic E-state index is -4.02. The summed E-state index contributed by atoms with van der Waals surface area (Å²) in [6.07, 6.45) is 4.13. The van der Waals surface area contributed by atoms with Gasteiger partial charge >= 0.3 is 0 Å². The third kappa shape index (κ3) is 8.73. The summed E-state index contributed by atoms with van der Waals surface area (Å²) in [6, 6.07) is 11.6. The maximum absolute atomic E-state index is 10.5. The van der Waals surface area contributed by atoms with Crippen molar-refractivity contribution in [1.29, 1.82) is 0 Å². The average Bonchev–Trinajstić information content (AvgIpc) is 2.47. The van der Waals surface area contributed by atoms with E-state index in [1.165, 1.54) is 12.1 Å². The van der Waals surface area contributed by atoms with Gasteiger partial charge in [-0.1, -0.05) is 23.8 Å². The highest BCUT2D eigenvalue weighted by Crippen LogP contribution is 2.08. The highest BCUT2D eigenvalue weighted by atomic mass is 32.2. The highest BCUT2D eigenvalue weighted by Gasteiger charge is 2.07. The van der Waals surface area contributed by atoms with Crippen LogP contribution in [-0.2, 0) is 26.8 Å². The zero-order chi connectivity index (χ0) is 18.2. The standard InChI is InChI=1S/C8H11NO3S.C7H8O3S/c10-13(11,12)8-4-7-9-5-2-1-3-6-9;1-6-2-4-7(5-3-6)11(8,9)10/h1-3,5-6H,4,7-8H2;2-5H,1H3,(H,8,9,10)/p+1. The molecule has 0 aliphatic heterocycles. The minimum absolute atomic E-state index is 0.0666. The van der Waals surface area contributed by atoms with Crippen LogP contribution in [0.2, 0.25) is 0 Å². The van der Waals surface area contributed by atoms with Crippen molar-refractivity contribution in [3.63, 3.8) is 0 Å². The molecule has 0 radical (unpaired) electrons. The molecular formula is C15H20NO6S2+. The lowest BCUT2D eigenvalue weighted by Gasteiger charge is -1.95. The number of aryl methyl sites for hydroxylation is 2. The lowest BCUT2D eigenvalue weighted by molar-refractivity contribution is -0.696. The summed E-state index contributed by atoms with van der Waals surface area (Å²) in [7, 11) is -7.83. The van der Waals surface area contributed by atoms with Gasteiger partial charge in [-0.25, -0.2) is 4.57 Å². The summed E-state index contributed by atoms with van der Waals surface area (Å²) in [5.74, 6) is -0.186. The molecule has 0 aliphatic rings. The molecule has 132 valence electrons. The molecular weight excluding hydrogens is 354 g/mol. The summed E-state index contributed by atoms with van der Waals surface area (Å²) < 4.78 is 60.6. The predicted molar refractivity (Wildman–Crippen MR) is 88.7 cm³/mol. The van der Waals surface area contributed by atoms with E-state index in [4.69, 9.17) is 9.11 Å². The van der Waals surface area contributed by atoms with E-state index >= 15 is 0 Å². The van der Waals surface area contributed by atoms with Crippen LogP contribution in [-0.4, -0.2) is 31.7 Å². The van der Waals surface area contributed by atoms with Gasteiger partial charge in [0.15, 0.2) is 12.4 Å². The van der Waals surface area contributed by atoms with Crippen molar-refractivity contribution in [2.75, 3.05) is 5.75 Å². The van der Waals surface area contributed by atoms with E-state index in [9.17, 15) is 16.8 Å². The Balaban J connectivity index is 0.000000243. The number of aromatic nitrogens is 1. The molecule has 1 aromatic heterocycles. The molecule has 0 aliphatic carbocycles. The van der Waals surface area contributed by atoms with Gasteiger partial charge in [0.05, 0.1) is 10.6 Å². The Hall–Kier alpha value is -1.81. The first-order valence-electron chi connectivity index (χ1n) is 7.01. The molecule has 2 N–H and O–H groups in total. The fourth-order valence-corrected chi connectivity index (χ4v) is 2.70. The number of hydrogen-bond donors (Lipinski definition) is 2. The number of hydrogen-bond acceptors (Lipinski definition) is 4. The van der Waals surface area contributed by atoms with Crippen LogP contribution in [0.3, 0.4) is 0 Å². The zero-order valence-corrected chi connectivity index (χ0v) is 14.7. The minimum Gasteiger partial charge on any atom is -0.286 e. The summed E-state index contributed by atoms with van der Waals surface area (Å²) >= 11 is 0. The number of rotatable bonds is 5. The molecule has 7 nitrogen and oxygen atoms in total. The molecule has 0 unspecified atom stereocenters. The first-order valence-corrected chi connectivity index (χ1v) is 10.1. The maximum Gasteiger partial charge on any atom is 0.294 e. The molecule has 0 saturated heterocycles. The quantitative estimate of drug-likeness (QED) is 0.606.